The van der Waals surface area contributed by atoms with Gasteiger partial charge in [-0.2, -0.15) is 5.10 Å². The molecule has 0 fully saturated rings. The zero-order chi connectivity index (χ0) is 14.5. The number of benzene rings is 1. The first kappa shape index (κ1) is 13.1. The summed E-state index contributed by atoms with van der Waals surface area (Å²) < 4.78 is 6.81. The number of nitrogens with one attached hydrogen (secondary N) is 1. The first-order valence-corrected chi connectivity index (χ1v) is 6.54. The van der Waals surface area contributed by atoms with Crippen molar-refractivity contribution >= 4 is 5.91 Å². The molecule has 0 aliphatic heterocycles. The van der Waals surface area contributed by atoms with Gasteiger partial charge in [-0.3, -0.25) is 4.79 Å². The van der Waals surface area contributed by atoms with E-state index in [1.54, 1.807) is 23.1 Å². The van der Waals surface area contributed by atoms with Crippen molar-refractivity contribution in [2.24, 2.45) is 0 Å². The van der Waals surface area contributed by atoms with Crippen molar-refractivity contribution in [3.05, 3.63) is 72.2 Å². The van der Waals surface area contributed by atoms with Crippen molar-refractivity contribution in [2.45, 2.75) is 13.1 Å². The number of hydrogen-bond donors (Lipinski definition) is 1. The van der Waals surface area contributed by atoms with Gasteiger partial charge in [-0.25, -0.2) is 9.67 Å². The van der Waals surface area contributed by atoms with Crippen molar-refractivity contribution in [2.75, 3.05) is 0 Å². The van der Waals surface area contributed by atoms with E-state index in [1.165, 1.54) is 12.6 Å². The predicted octanol–water partition coefficient (Wildman–Crippen LogP) is 1.85. The number of carbonyl (C=O) groups is 1. The summed E-state index contributed by atoms with van der Waals surface area (Å²) in [6.45, 7) is 1.05. The fourth-order valence-electron chi connectivity index (χ4n) is 2.04. The molecule has 0 unspecified atom stereocenters. The lowest BCUT2D eigenvalue weighted by molar-refractivity contribution is 0.0923. The molecular weight excluding hydrogens is 268 g/mol. The lowest BCUT2D eigenvalue weighted by Gasteiger charge is -2.10. The van der Waals surface area contributed by atoms with Crippen molar-refractivity contribution in [3.63, 3.8) is 0 Å². The van der Waals surface area contributed by atoms with E-state index < -0.39 is 0 Å². The van der Waals surface area contributed by atoms with Crippen LogP contribution in [0.4, 0.5) is 0 Å². The third-order valence-electron chi connectivity index (χ3n) is 3.10. The van der Waals surface area contributed by atoms with Gasteiger partial charge in [0.1, 0.15) is 12.7 Å². The Kier molecular flexibility index (Phi) is 3.77. The van der Waals surface area contributed by atoms with E-state index in [0.29, 0.717) is 18.8 Å². The molecule has 1 N–H and O–H groups in total. The second kappa shape index (κ2) is 6.04. The Morgan fingerprint density at radius 2 is 2.05 bits per heavy atom. The van der Waals surface area contributed by atoms with Gasteiger partial charge in [0.15, 0.2) is 5.76 Å². The molecular formula is C15H14N4O2. The summed E-state index contributed by atoms with van der Waals surface area (Å²) in [7, 11) is 0. The van der Waals surface area contributed by atoms with Crippen LogP contribution in [-0.2, 0) is 13.1 Å². The van der Waals surface area contributed by atoms with Crippen LogP contribution in [0.1, 0.15) is 21.7 Å². The van der Waals surface area contributed by atoms with Gasteiger partial charge in [-0.05, 0) is 23.3 Å². The summed E-state index contributed by atoms with van der Waals surface area (Å²) in [5.74, 6) is 0.0827. The van der Waals surface area contributed by atoms with E-state index in [2.05, 4.69) is 15.4 Å². The van der Waals surface area contributed by atoms with E-state index >= 15 is 0 Å². The fraction of sp³-hybridized carbons (Fsp3) is 0.133. The van der Waals surface area contributed by atoms with Gasteiger partial charge in [-0.15, -0.1) is 0 Å². The van der Waals surface area contributed by atoms with Gasteiger partial charge in [0.05, 0.1) is 12.8 Å². The quantitative estimate of drug-likeness (QED) is 0.775. The zero-order valence-electron chi connectivity index (χ0n) is 11.3. The largest absolute Gasteiger partial charge is 0.459 e. The van der Waals surface area contributed by atoms with Gasteiger partial charge >= 0.3 is 0 Å². The number of nitrogens with zero attached hydrogens (tertiary/aromatic N) is 3. The monoisotopic (exact) mass is 282 g/mol. The molecule has 2 heterocycles. The number of carbonyl (C=O) groups excluding carboxylic acids is 1. The molecule has 0 atom stereocenters. The lowest BCUT2D eigenvalue weighted by atomic mass is 10.1. The van der Waals surface area contributed by atoms with Gasteiger partial charge in [0, 0.05) is 6.54 Å². The second-order valence-corrected chi connectivity index (χ2v) is 4.52. The van der Waals surface area contributed by atoms with Gasteiger partial charge < -0.3 is 9.73 Å². The number of rotatable bonds is 5. The van der Waals surface area contributed by atoms with Crippen molar-refractivity contribution in [3.8, 4) is 0 Å². The molecule has 6 heteroatoms. The molecule has 3 rings (SSSR count). The normalized spacial score (nSPS) is 10.5. The van der Waals surface area contributed by atoms with Crippen LogP contribution >= 0.6 is 0 Å². The minimum Gasteiger partial charge on any atom is -0.459 e. The summed E-state index contributed by atoms with van der Waals surface area (Å²) in [5, 5.41) is 6.94. The minimum absolute atomic E-state index is 0.226. The standard InChI is InChI=1S/C15H14N4O2/c20-15(14-6-3-7-21-14)17-8-12-4-1-2-5-13(12)9-19-11-16-10-18-19/h1-7,10-11H,8-9H2,(H,17,20). The van der Waals surface area contributed by atoms with Gasteiger partial charge in [0.2, 0.25) is 0 Å². The summed E-state index contributed by atoms with van der Waals surface area (Å²) in [6.07, 6.45) is 4.65. The van der Waals surface area contributed by atoms with E-state index in [4.69, 9.17) is 4.42 Å². The molecule has 1 aromatic carbocycles. The predicted molar refractivity (Wildman–Crippen MR) is 75.4 cm³/mol. The molecule has 21 heavy (non-hydrogen) atoms. The summed E-state index contributed by atoms with van der Waals surface area (Å²) in [4.78, 5) is 15.8. The first-order chi connectivity index (χ1) is 10.3. The van der Waals surface area contributed by atoms with E-state index in [9.17, 15) is 4.79 Å². The number of aromatic nitrogens is 3. The first-order valence-electron chi connectivity index (χ1n) is 6.54. The topological polar surface area (TPSA) is 73.0 Å². The molecule has 0 saturated heterocycles. The highest BCUT2D eigenvalue weighted by Crippen LogP contribution is 2.10. The number of amides is 1. The zero-order valence-corrected chi connectivity index (χ0v) is 11.3. The summed E-state index contributed by atoms with van der Waals surface area (Å²) >= 11 is 0. The average Bonchev–Trinajstić information content (AvgIpc) is 3.19. The van der Waals surface area contributed by atoms with Crippen molar-refractivity contribution in [1.82, 2.24) is 20.1 Å². The molecule has 0 aliphatic carbocycles. The second-order valence-electron chi connectivity index (χ2n) is 4.52. The highest BCUT2D eigenvalue weighted by atomic mass is 16.3. The van der Waals surface area contributed by atoms with E-state index in [-0.39, 0.29) is 5.91 Å². The van der Waals surface area contributed by atoms with Gasteiger partial charge in [-0.1, -0.05) is 24.3 Å². The van der Waals surface area contributed by atoms with Crippen LogP contribution in [0.2, 0.25) is 0 Å². The van der Waals surface area contributed by atoms with Crippen LogP contribution in [0.3, 0.4) is 0 Å². The summed E-state index contributed by atoms with van der Waals surface area (Å²) in [5.41, 5.74) is 2.12. The fourth-order valence-corrected chi connectivity index (χ4v) is 2.04. The maximum atomic E-state index is 11.9. The Bertz CT molecular complexity index is 705. The Balaban J connectivity index is 1.69. The number of hydrogen-bond acceptors (Lipinski definition) is 4. The highest BCUT2D eigenvalue weighted by molar-refractivity contribution is 5.91. The summed E-state index contributed by atoms with van der Waals surface area (Å²) in [6, 6.07) is 11.2. The highest BCUT2D eigenvalue weighted by Gasteiger charge is 2.09. The molecule has 0 saturated carbocycles. The van der Waals surface area contributed by atoms with Crippen molar-refractivity contribution in [1.29, 1.82) is 0 Å². The van der Waals surface area contributed by atoms with Crippen molar-refractivity contribution < 1.29 is 9.21 Å². The maximum Gasteiger partial charge on any atom is 0.287 e. The molecule has 3 aromatic rings. The van der Waals surface area contributed by atoms with Crippen LogP contribution in [0.5, 0.6) is 0 Å². The van der Waals surface area contributed by atoms with Crippen LogP contribution < -0.4 is 5.32 Å². The molecule has 0 radical (unpaired) electrons. The van der Waals surface area contributed by atoms with Gasteiger partial charge in [0.25, 0.3) is 5.91 Å². The van der Waals surface area contributed by atoms with Crippen LogP contribution in [0, 0.1) is 0 Å². The molecule has 0 bridgehead atoms. The third kappa shape index (κ3) is 3.17. The molecule has 1 amide bonds. The third-order valence-corrected chi connectivity index (χ3v) is 3.10. The van der Waals surface area contributed by atoms with E-state index in [1.807, 2.05) is 24.3 Å². The number of furan rings is 1. The Labute approximate surface area is 121 Å². The smallest absolute Gasteiger partial charge is 0.287 e. The minimum atomic E-state index is -0.226. The maximum absolute atomic E-state index is 11.9. The van der Waals surface area contributed by atoms with Crippen LogP contribution in [-0.4, -0.2) is 20.7 Å². The molecule has 0 aliphatic rings. The van der Waals surface area contributed by atoms with Crippen LogP contribution in [0.15, 0.2) is 59.7 Å². The lowest BCUT2D eigenvalue weighted by Crippen LogP contribution is -2.23. The molecule has 2 aromatic heterocycles. The Hall–Kier alpha value is -2.89. The molecule has 106 valence electrons. The Morgan fingerprint density at radius 3 is 2.76 bits per heavy atom. The van der Waals surface area contributed by atoms with E-state index in [0.717, 1.165) is 11.1 Å². The Morgan fingerprint density at radius 1 is 1.19 bits per heavy atom. The average molecular weight is 282 g/mol. The molecule has 0 spiro atoms. The molecule has 6 nitrogen and oxygen atoms in total. The SMILES string of the molecule is O=C(NCc1ccccc1Cn1cncn1)c1ccco1. The van der Waals surface area contributed by atoms with Crippen LogP contribution in [0.25, 0.3) is 0 Å².